The Morgan fingerprint density at radius 1 is 1.35 bits per heavy atom. The predicted octanol–water partition coefficient (Wildman–Crippen LogP) is -1.66. The van der Waals surface area contributed by atoms with E-state index < -0.39 is 15.9 Å². The summed E-state index contributed by atoms with van der Waals surface area (Å²) in [6.45, 7) is 1.19. The molecule has 98 valence electrons. The Kier molecular flexibility index (Phi) is 3.42. The molecule has 0 aromatic rings. The molecule has 7 heteroatoms. The van der Waals surface area contributed by atoms with Crippen molar-refractivity contribution in [2.45, 2.75) is 25.0 Å². The molecule has 17 heavy (non-hydrogen) atoms. The Morgan fingerprint density at radius 3 is 2.59 bits per heavy atom. The highest BCUT2D eigenvalue weighted by Gasteiger charge is 2.41. The third-order valence-electron chi connectivity index (χ3n) is 3.62. The Bertz CT molecular complexity index is 409. The lowest BCUT2D eigenvalue weighted by Crippen LogP contribution is -2.50. The SMILES string of the molecule is NC(=O)C1CCCN(C2CS(=O)(=O)CC2O)C1. The van der Waals surface area contributed by atoms with Crippen molar-refractivity contribution in [3.8, 4) is 0 Å². The summed E-state index contributed by atoms with van der Waals surface area (Å²) in [5, 5.41) is 9.76. The van der Waals surface area contributed by atoms with Crippen LogP contribution in [0.2, 0.25) is 0 Å². The second-order valence-corrected chi connectivity index (χ2v) is 7.10. The number of rotatable bonds is 2. The minimum atomic E-state index is -3.14. The molecule has 0 spiro atoms. The van der Waals surface area contributed by atoms with E-state index in [1.165, 1.54) is 0 Å². The molecule has 2 fully saturated rings. The number of piperidine rings is 1. The molecule has 2 rings (SSSR count). The third kappa shape index (κ3) is 2.78. The maximum absolute atomic E-state index is 11.4. The Balaban J connectivity index is 2.05. The predicted molar refractivity (Wildman–Crippen MR) is 61.9 cm³/mol. The maximum atomic E-state index is 11.4. The van der Waals surface area contributed by atoms with Gasteiger partial charge in [0.2, 0.25) is 5.91 Å². The van der Waals surface area contributed by atoms with Crippen molar-refractivity contribution in [3.05, 3.63) is 0 Å². The number of nitrogens with two attached hydrogens (primary N) is 1. The van der Waals surface area contributed by atoms with Gasteiger partial charge in [-0.05, 0) is 19.4 Å². The summed E-state index contributed by atoms with van der Waals surface area (Å²) in [6.07, 6.45) is 0.727. The van der Waals surface area contributed by atoms with E-state index in [1.807, 2.05) is 4.90 Å². The fourth-order valence-electron chi connectivity index (χ4n) is 2.70. The van der Waals surface area contributed by atoms with Crippen LogP contribution in [0.4, 0.5) is 0 Å². The number of aliphatic hydroxyl groups is 1. The van der Waals surface area contributed by atoms with Gasteiger partial charge >= 0.3 is 0 Å². The van der Waals surface area contributed by atoms with E-state index in [1.54, 1.807) is 0 Å². The fourth-order valence-corrected chi connectivity index (χ4v) is 4.53. The average Bonchev–Trinajstić information content (AvgIpc) is 2.52. The molecule has 2 saturated heterocycles. The lowest BCUT2D eigenvalue weighted by Gasteiger charge is -2.36. The van der Waals surface area contributed by atoms with E-state index in [4.69, 9.17) is 5.73 Å². The van der Waals surface area contributed by atoms with Crippen LogP contribution in [0, 0.1) is 5.92 Å². The van der Waals surface area contributed by atoms with Crippen LogP contribution in [0.15, 0.2) is 0 Å². The van der Waals surface area contributed by atoms with Gasteiger partial charge in [0.05, 0.1) is 29.6 Å². The van der Waals surface area contributed by atoms with E-state index in [2.05, 4.69) is 0 Å². The first kappa shape index (κ1) is 12.8. The number of hydrogen-bond acceptors (Lipinski definition) is 5. The molecule has 0 aromatic carbocycles. The Hall–Kier alpha value is -0.660. The van der Waals surface area contributed by atoms with Crippen molar-refractivity contribution in [1.29, 1.82) is 0 Å². The minimum absolute atomic E-state index is 0.0142. The highest BCUT2D eigenvalue weighted by atomic mass is 32.2. The number of amides is 1. The summed E-state index contributed by atoms with van der Waals surface area (Å²) in [6, 6.07) is -0.373. The Morgan fingerprint density at radius 2 is 2.06 bits per heavy atom. The number of primary amides is 1. The quantitative estimate of drug-likeness (QED) is 0.620. The average molecular weight is 262 g/mol. The van der Waals surface area contributed by atoms with E-state index in [9.17, 15) is 18.3 Å². The van der Waals surface area contributed by atoms with Gasteiger partial charge in [-0.25, -0.2) is 8.42 Å². The molecule has 3 atom stereocenters. The van der Waals surface area contributed by atoms with Crippen LogP contribution in [-0.4, -0.2) is 61.1 Å². The molecule has 0 aromatic heterocycles. The van der Waals surface area contributed by atoms with Gasteiger partial charge in [-0.1, -0.05) is 0 Å². The van der Waals surface area contributed by atoms with Crippen molar-refractivity contribution in [2.24, 2.45) is 11.7 Å². The summed E-state index contributed by atoms with van der Waals surface area (Å²) in [5.74, 6) is -0.751. The number of hydrogen-bond donors (Lipinski definition) is 2. The van der Waals surface area contributed by atoms with Gasteiger partial charge in [-0.2, -0.15) is 0 Å². The first-order chi connectivity index (χ1) is 7.89. The maximum Gasteiger partial charge on any atom is 0.221 e. The van der Waals surface area contributed by atoms with Crippen LogP contribution in [0.3, 0.4) is 0 Å². The summed E-state index contributed by atoms with van der Waals surface area (Å²) in [4.78, 5) is 13.0. The zero-order valence-corrected chi connectivity index (χ0v) is 10.4. The monoisotopic (exact) mass is 262 g/mol. The van der Waals surface area contributed by atoms with E-state index in [0.717, 1.165) is 19.4 Å². The second-order valence-electron chi connectivity index (χ2n) is 4.95. The van der Waals surface area contributed by atoms with Crippen LogP contribution >= 0.6 is 0 Å². The highest BCUT2D eigenvalue weighted by molar-refractivity contribution is 7.91. The minimum Gasteiger partial charge on any atom is -0.390 e. The first-order valence-corrected chi connectivity index (χ1v) is 7.63. The van der Waals surface area contributed by atoms with Gasteiger partial charge in [-0.15, -0.1) is 0 Å². The molecule has 2 heterocycles. The van der Waals surface area contributed by atoms with Crippen LogP contribution < -0.4 is 5.73 Å². The molecule has 1 amide bonds. The van der Waals surface area contributed by atoms with Crippen molar-refractivity contribution < 1.29 is 18.3 Å². The van der Waals surface area contributed by atoms with Crippen LogP contribution in [-0.2, 0) is 14.6 Å². The largest absolute Gasteiger partial charge is 0.390 e. The lowest BCUT2D eigenvalue weighted by atomic mass is 9.95. The zero-order chi connectivity index (χ0) is 12.6. The molecule has 0 radical (unpaired) electrons. The van der Waals surface area contributed by atoms with Crippen LogP contribution in [0.25, 0.3) is 0 Å². The Labute approximate surface area is 101 Å². The number of carbonyl (C=O) groups excluding carboxylic acids is 1. The number of sulfone groups is 1. The van der Waals surface area contributed by atoms with Crippen LogP contribution in [0.1, 0.15) is 12.8 Å². The molecular weight excluding hydrogens is 244 g/mol. The number of aliphatic hydroxyl groups excluding tert-OH is 1. The van der Waals surface area contributed by atoms with Gasteiger partial charge in [-0.3, -0.25) is 9.69 Å². The van der Waals surface area contributed by atoms with Crippen molar-refractivity contribution in [3.63, 3.8) is 0 Å². The van der Waals surface area contributed by atoms with Crippen molar-refractivity contribution >= 4 is 15.7 Å². The van der Waals surface area contributed by atoms with Gasteiger partial charge in [0.1, 0.15) is 0 Å². The van der Waals surface area contributed by atoms with Gasteiger partial charge in [0.15, 0.2) is 9.84 Å². The van der Waals surface area contributed by atoms with Crippen molar-refractivity contribution in [2.75, 3.05) is 24.6 Å². The molecule has 0 aliphatic carbocycles. The van der Waals surface area contributed by atoms with Gasteiger partial charge in [0, 0.05) is 6.54 Å². The molecule has 0 bridgehead atoms. The molecule has 3 unspecified atom stereocenters. The van der Waals surface area contributed by atoms with E-state index in [0.29, 0.717) is 6.54 Å². The smallest absolute Gasteiger partial charge is 0.221 e. The fraction of sp³-hybridized carbons (Fsp3) is 0.900. The second kappa shape index (κ2) is 4.55. The van der Waals surface area contributed by atoms with E-state index >= 15 is 0 Å². The lowest BCUT2D eigenvalue weighted by molar-refractivity contribution is -0.124. The third-order valence-corrected chi connectivity index (χ3v) is 5.32. The number of likely N-dealkylation sites (tertiary alicyclic amines) is 1. The van der Waals surface area contributed by atoms with Gasteiger partial charge in [0.25, 0.3) is 0 Å². The molecule has 2 aliphatic rings. The number of nitrogens with zero attached hydrogens (tertiary/aromatic N) is 1. The normalized spacial score (nSPS) is 38.1. The summed E-state index contributed by atoms with van der Waals surface area (Å²) >= 11 is 0. The molecule has 3 N–H and O–H groups in total. The number of carbonyl (C=O) groups is 1. The molecule has 6 nitrogen and oxygen atoms in total. The standard InChI is InChI=1S/C10H18N2O4S/c11-10(14)7-2-1-3-12(4-7)8-5-17(15,16)6-9(8)13/h7-9,13H,1-6H2,(H2,11,14). The molecule has 2 aliphatic heterocycles. The first-order valence-electron chi connectivity index (χ1n) is 5.81. The van der Waals surface area contributed by atoms with Crippen LogP contribution in [0.5, 0.6) is 0 Å². The summed E-state index contributed by atoms with van der Waals surface area (Å²) < 4.78 is 22.9. The molecule has 0 saturated carbocycles. The van der Waals surface area contributed by atoms with E-state index in [-0.39, 0.29) is 29.4 Å². The van der Waals surface area contributed by atoms with Gasteiger partial charge < -0.3 is 10.8 Å². The summed E-state index contributed by atoms with van der Waals surface area (Å²) in [7, 11) is -3.14. The zero-order valence-electron chi connectivity index (χ0n) is 9.58. The highest BCUT2D eigenvalue weighted by Crippen LogP contribution is 2.24. The topological polar surface area (TPSA) is 101 Å². The summed E-state index contributed by atoms with van der Waals surface area (Å²) in [5.41, 5.74) is 5.27. The molecular formula is C10H18N2O4S. The van der Waals surface area contributed by atoms with Crippen molar-refractivity contribution in [1.82, 2.24) is 4.90 Å².